The van der Waals surface area contributed by atoms with Crippen LogP contribution in [-0.4, -0.2) is 18.4 Å². The lowest BCUT2D eigenvalue weighted by molar-refractivity contribution is -0.118. The number of halogens is 1. The summed E-state index contributed by atoms with van der Waals surface area (Å²) in [5, 5.41) is 14.4. The van der Waals surface area contributed by atoms with E-state index in [2.05, 4.69) is 26.6 Å². The Labute approximate surface area is 176 Å². The van der Waals surface area contributed by atoms with Gasteiger partial charge in [-0.1, -0.05) is 28.1 Å². The van der Waals surface area contributed by atoms with Crippen molar-refractivity contribution in [2.45, 2.75) is 0 Å². The molecular weight excluding hydrogens is 434 g/mol. The van der Waals surface area contributed by atoms with Crippen LogP contribution in [0.5, 0.6) is 5.75 Å². The van der Waals surface area contributed by atoms with Gasteiger partial charge in [-0.15, -0.1) is 0 Å². The van der Waals surface area contributed by atoms with Gasteiger partial charge < -0.3 is 15.4 Å². The number of anilines is 2. The van der Waals surface area contributed by atoms with Crippen molar-refractivity contribution in [3.05, 3.63) is 88.4 Å². The lowest BCUT2D eigenvalue weighted by Gasteiger charge is -2.10. The minimum atomic E-state index is -0.345. The standard InChI is InChI=1S/C22H16BrN3O3/c23-17-7-9-20(10-8-17)29-14-21(27)25-19-6-2-4-16(12-19)22(28)26-18-5-1-3-15(11-18)13-24/h1-12H,14H2,(H,25,27)(H,26,28). The summed E-state index contributed by atoms with van der Waals surface area (Å²) < 4.78 is 6.36. The number of hydrogen-bond acceptors (Lipinski definition) is 4. The van der Waals surface area contributed by atoms with Crippen molar-refractivity contribution < 1.29 is 14.3 Å². The molecule has 0 unspecified atom stereocenters. The third kappa shape index (κ3) is 5.92. The Morgan fingerprint density at radius 2 is 1.62 bits per heavy atom. The highest BCUT2D eigenvalue weighted by molar-refractivity contribution is 9.10. The number of nitrogens with zero attached hydrogens (tertiary/aromatic N) is 1. The Bertz CT molecular complexity index is 1080. The van der Waals surface area contributed by atoms with Crippen molar-refractivity contribution in [1.29, 1.82) is 5.26 Å². The molecule has 0 aromatic heterocycles. The predicted octanol–water partition coefficient (Wildman–Crippen LogP) is 4.59. The van der Waals surface area contributed by atoms with Crippen LogP contribution >= 0.6 is 15.9 Å². The number of benzene rings is 3. The van der Waals surface area contributed by atoms with Gasteiger partial charge in [-0.25, -0.2) is 0 Å². The topological polar surface area (TPSA) is 91.2 Å². The average molecular weight is 450 g/mol. The maximum Gasteiger partial charge on any atom is 0.262 e. The van der Waals surface area contributed by atoms with Crippen LogP contribution in [0.3, 0.4) is 0 Å². The maximum absolute atomic E-state index is 12.5. The van der Waals surface area contributed by atoms with Crippen LogP contribution in [-0.2, 0) is 4.79 Å². The van der Waals surface area contributed by atoms with Crippen LogP contribution in [0.4, 0.5) is 11.4 Å². The van der Waals surface area contributed by atoms with Crippen LogP contribution in [0.25, 0.3) is 0 Å². The summed E-state index contributed by atoms with van der Waals surface area (Å²) in [5.74, 6) is -0.106. The van der Waals surface area contributed by atoms with Gasteiger partial charge in [0.1, 0.15) is 5.75 Å². The highest BCUT2D eigenvalue weighted by Crippen LogP contribution is 2.17. The maximum atomic E-state index is 12.5. The van der Waals surface area contributed by atoms with E-state index in [4.69, 9.17) is 10.00 Å². The number of nitriles is 1. The summed E-state index contributed by atoms with van der Waals surface area (Å²) in [7, 11) is 0. The van der Waals surface area contributed by atoms with E-state index in [0.29, 0.717) is 28.3 Å². The van der Waals surface area contributed by atoms with Gasteiger partial charge in [0, 0.05) is 21.4 Å². The molecule has 3 aromatic rings. The van der Waals surface area contributed by atoms with Gasteiger partial charge in [-0.2, -0.15) is 5.26 Å². The Morgan fingerprint density at radius 3 is 2.34 bits per heavy atom. The largest absolute Gasteiger partial charge is 0.484 e. The molecule has 144 valence electrons. The van der Waals surface area contributed by atoms with Crippen molar-refractivity contribution in [3.8, 4) is 11.8 Å². The number of rotatable bonds is 6. The van der Waals surface area contributed by atoms with Crippen LogP contribution in [0, 0.1) is 11.3 Å². The second kappa shape index (κ2) is 9.53. The van der Waals surface area contributed by atoms with Crippen molar-refractivity contribution in [3.63, 3.8) is 0 Å². The third-order valence-electron chi connectivity index (χ3n) is 3.84. The minimum absolute atomic E-state index is 0.154. The molecule has 0 atom stereocenters. The van der Waals surface area contributed by atoms with E-state index in [1.54, 1.807) is 60.7 Å². The van der Waals surface area contributed by atoms with Crippen LogP contribution < -0.4 is 15.4 Å². The monoisotopic (exact) mass is 449 g/mol. The normalized spacial score (nSPS) is 9.93. The first kappa shape index (κ1) is 20.1. The van der Waals surface area contributed by atoms with Crippen molar-refractivity contribution in [2.24, 2.45) is 0 Å². The molecule has 0 radical (unpaired) electrons. The molecular formula is C22H16BrN3O3. The first-order valence-corrected chi connectivity index (χ1v) is 9.42. The molecule has 0 saturated heterocycles. The van der Waals surface area contributed by atoms with E-state index in [-0.39, 0.29) is 18.4 Å². The van der Waals surface area contributed by atoms with Gasteiger partial charge in [-0.3, -0.25) is 9.59 Å². The molecule has 0 saturated carbocycles. The number of hydrogen-bond donors (Lipinski definition) is 2. The van der Waals surface area contributed by atoms with Gasteiger partial charge in [0.05, 0.1) is 11.6 Å². The molecule has 0 spiro atoms. The van der Waals surface area contributed by atoms with Crippen molar-refractivity contribution >= 4 is 39.1 Å². The zero-order valence-corrected chi connectivity index (χ0v) is 16.8. The second-order valence-corrected chi connectivity index (χ2v) is 6.93. The van der Waals surface area contributed by atoms with Gasteiger partial charge >= 0.3 is 0 Å². The zero-order valence-electron chi connectivity index (χ0n) is 15.2. The molecule has 3 aromatic carbocycles. The molecule has 7 heteroatoms. The van der Waals surface area contributed by atoms with E-state index in [1.807, 2.05) is 18.2 Å². The minimum Gasteiger partial charge on any atom is -0.484 e. The second-order valence-electron chi connectivity index (χ2n) is 6.02. The first-order valence-electron chi connectivity index (χ1n) is 8.63. The van der Waals surface area contributed by atoms with Gasteiger partial charge in [0.25, 0.3) is 11.8 Å². The molecule has 0 aliphatic rings. The molecule has 0 bridgehead atoms. The Hall–Kier alpha value is -3.63. The van der Waals surface area contributed by atoms with Gasteiger partial charge in [0.2, 0.25) is 0 Å². The third-order valence-corrected chi connectivity index (χ3v) is 4.37. The lowest BCUT2D eigenvalue weighted by Crippen LogP contribution is -2.20. The summed E-state index contributed by atoms with van der Waals surface area (Å²) in [6.07, 6.45) is 0. The van der Waals surface area contributed by atoms with Crippen LogP contribution in [0.1, 0.15) is 15.9 Å². The molecule has 29 heavy (non-hydrogen) atoms. The fourth-order valence-electron chi connectivity index (χ4n) is 2.48. The molecule has 0 heterocycles. The van der Waals surface area contributed by atoms with Gasteiger partial charge in [0.15, 0.2) is 6.61 Å². The smallest absolute Gasteiger partial charge is 0.262 e. The van der Waals surface area contributed by atoms with Crippen molar-refractivity contribution in [1.82, 2.24) is 0 Å². The summed E-state index contributed by atoms with van der Waals surface area (Å²) in [6.45, 7) is -0.154. The van der Waals surface area contributed by atoms with E-state index in [9.17, 15) is 9.59 Å². The van der Waals surface area contributed by atoms with Crippen LogP contribution in [0.2, 0.25) is 0 Å². The molecule has 0 aliphatic heterocycles. The number of nitrogens with one attached hydrogen (secondary N) is 2. The predicted molar refractivity (Wildman–Crippen MR) is 114 cm³/mol. The van der Waals surface area contributed by atoms with E-state index in [0.717, 1.165) is 4.47 Å². The molecule has 0 fully saturated rings. The summed E-state index contributed by atoms with van der Waals surface area (Å²) in [6, 6.07) is 22.4. The summed E-state index contributed by atoms with van der Waals surface area (Å²) in [5.41, 5.74) is 1.83. The Balaban J connectivity index is 1.59. The molecule has 6 nitrogen and oxygen atoms in total. The average Bonchev–Trinajstić information content (AvgIpc) is 2.73. The SMILES string of the molecule is N#Cc1cccc(NC(=O)c2cccc(NC(=O)COc3ccc(Br)cc3)c2)c1. The molecule has 0 aliphatic carbocycles. The van der Waals surface area contributed by atoms with E-state index in [1.165, 1.54) is 0 Å². The summed E-state index contributed by atoms with van der Waals surface area (Å²) >= 11 is 3.33. The highest BCUT2D eigenvalue weighted by Gasteiger charge is 2.09. The fraction of sp³-hybridized carbons (Fsp3) is 0.0455. The molecule has 2 amide bonds. The number of ether oxygens (including phenoxy) is 1. The van der Waals surface area contributed by atoms with Crippen molar-refractivity contribution in [2.75, 3.05) is 17.2 Å². The Morgan fingerprint density at radius 1 is 0.931 bits per heavy atom. The Kier molecular flexibility index (Phi) is 6.61. The first-order chi connectivity index (χ1) is 14.0. The number of amides is 2. The highest BCUT2D eigenvalue weighted by atomic mass is 79.9. The quantitative estimate of drug-likeness (QED) is 0.575. The van der Waals surface area contributed by atoms with Gasteiger partial charge in [-0.05, 0) is 60.7 Å². The molecule has 3 rings (SSSR count). The van der Waals surface area contributed by atoms with E-state index < -0.39 is 0 Å². The van der Waals surface area contributed by atoms with Crippen LogP contribution in [0.15, 0.2) is 77.3 Å². The number of carbonyl (C=O) groups is 2. The molecule has 2 N–H and O–H groups in total. The zero-order chi connectivity index (χ0) is 20.6. The number of carbonyl (C=O) groups excluding carboxylic acids is 2. The summed E-state index contributed by atoms with van der Waals surface area (Å²) in [4.78, 5) is 24.6. The fourth-order valence-corrected chi connectivity index (χ4v) is 2.75. The van der Waals surface area contributed by atoms with E-state index >= 15 is 0 Å². The lowest BCUT2D eigenvalue weighted by atomic mass is 10.1.